The Balaban J connectivity index is 2.65. The van der Waals surface area contributed by atoms with Crippen LogP contribution in [0.3, 0.4) is 0 Å². The molecule has 5 heteroatoms. The zero-order chi connectivity index (χ0) is 12.0. The number of nitrogens with two attached hydrogens (primary N) is 1. The summed E-state index contributed by atoms with van der Waals surface area (Å²) < 4.78 is 5.09. The van der Waals surface area contributed by atoms with Gasteiger partial charge in [0.1, 0.15) is 5.75 Å². The normalized spacial score (nSPS) is 11.1. The van der Waals surface area contributed by atoms with Crippen molar-refractivity contribution in [3.63, 3.8) is 0 Å². The summed E-state index contributed by atoms with van der Waals surface area (Å²) in [5, 5.41) is 0. The lowest BCUT2D eigenvalue weighted by Crippen LogP contribution is -2.42. The van der Waals surface area contributed by atoms with Crippen LogP contribution in [0.2, 0.25) is 0 Å². The summed E-state index contributed by atoms with van der Waals surface area (Å²) in [6.45, 7) is 0.737. The van der Waals surface area contributed by atoms with Crippen molar-refractivity contribution < 1.29 is 4.74 Å². The van der Waals surface area contributed by atoms with Crippen LogP contribution in [0, 0.1) is 0 Å². The molecule has 0 amide bonds. The SMILES string of the molecule is CN=C(NN)N(C)Cc1ccc(OC)cc1. The first-order valence-electron chi connectivity index (χ1n) is 4.98. The van der Waals surface area contributed by atoms with E-state index in [2.05, 4.69) is 10.4 Å². The maximum absolute atomic E-state index is 5.34. The van der Waals surface area contributed by atoms with Crippen molar-refractivity contribution in [1.82, 2.24) is 10.3 Å². The molecular formula is C11H18N4O. The highest BCUT2D eigenvalue weighted by atomic mass is 16.5. The van der Waals surface area contributed by atoms with E-state index in [1.807, 2.05) is 36.2 Å². The molecule has 0 fully saturated rings. The van der Waals surface area contributed by atoms with Crippen LogP contribution in [0.15, 0.2) is 29.3 Å². The maximum Gasteiger partial charge on any atom is 0.208 e. The van der Waals surface area contributed by atoms with Gasteiger partial charge < -0.3 is 9.64 Å². The Kier molecular flexibility index (Phi) is 4.60. The topological polar surface area (TPSA) is 62.9 Å². The van der Waals surface area contributed by atoms with Gasteiger partial charge in [-0.2, -0.15) is 0 Å². The average Bonchev–Trinajstić information content (AvgIpc) is 2.31. The molecule has 88 valence electrons. The third-order valence-electron chi connectivity index (χ3n) is 2.28. The van der Waals surface area contributed by atoms with Crippen LogP contribution >= 0.6 is 0 Å². The second-order valence-electron chi connectivity index (χ2n) is 3.40. The molecule has 0 unspecified atom stereocenters. The first kappa shape index (κ1) is 12.3. The molecule has 16 heavy (non-hydrogen) atoms. The van der Waals surface area contributed by atoms with Crippen LogP contribution in [0.25, 0.3) is 0 Å². The van der Waals surface area contributed by atoms with Gasteiger partial charge in [-0.25, -0.2) is 5.84 Å². The second kappa shape index (κ2) is 5.97. The van der Waals surface area contributed by atoms with Gasteiger partial charge in [0.05, 0.1) is 7.11 Å². The molecule has 1 aromatic carbocycles. The molecule has 0 heterocycles. The van der Waals surface area contributed by atoms with Crippen molar-refractivity contribution in [3.05, 3.63) is 29.8 Å². The van der Waals surface area contributed by atoms with E-state index in [9.17, 15) is 0 Å². The average molecular weight is 222 g/mol. The zero-order valence-electron chi connectivity index (χ0n) is 9.90. The van der Waals surface area contributed by atoms with Crippen LogP contribution in [0.4, 0.5) is 0 Å². The minimum atomic E-state index is 0.649. The van der Waals surface area contributed by atoms with Crippen molar-refractivity contribution in [3.8, 4) is 5.75 Å². The second-order valence-corrected chi connectivity index (χ2v) is 3.40. The first-order chi connectivity index (χ1) is 7.71. The third-order valence-corrected chi connectivity index (χ3v) is 2.28. The summed E-state index contributed by atoms with van der Waals surface area (Å²) in [4.78, 5) is 5.95. The number of ether oxygens (including phenoxy) is 1. The van der Waals surface area contributed by atoms with Gasteiger partial charge in [-0.05, 0) is 17.7 Å². The highest BCUT2D eigenvalue weighted by Crippen LogP contribution is 2.12. The number of hydrazine groups is 1. The van der Waals surface area contributed by atoms with Gasteiger partial charge in [0.15, 0.2) is 0 Å². The van der Waals surface area contributed by atoms with Gasteiger partial charge in [-0.1, -0.05) is 12.1 Å². The molecule has 0 radical (unpaired) electrons. The van der Waals surface area contributed by atoms with Gasteiger partial charge in [0.25, 0.3) is 0 Å². The largest absolute Gasteiger partial charge is 0.497 e. The van der Waals surface area contributed by atoms with Crippen LogP contribution < -0.4 is 16.0 Å². The predicted molar refractivity (Wildman–Crippen MR) is 65.1 cm³/mol. The Morgan fingerprint density at radius 2 is 2.06 bits per heavy atom. The molecule has 1 rings (SSSR count). The number of aliphatic imine (C=N–C) groups is 1. The quantitative estimate of drug-likeness (QED) is 0.340. The number of hydrogen-bond donors (Lipinski definition) is 2. The number of rotatable bonds is 3. The minimum absolute atomic E-state index is 0.649. The fourth-order valence-corrected chi connectivity index (χ4v) is 1.43. The molecular weight excluding hydrogens is 204 g/mol. The molecule has 0 atom stereocenters. The summed E-state index contributed by atoms with van der Waals surface area (Å²) in [5.74, 6) is 6.84. The summed E-state index contributed by atoms with van der Waals surface area (Å²) in [6, 6.07) is 7.89. The third kappa shape index (κ3) is 3.13. The molecule has 0 spiro atoms. The Labute approximate surface area is 95.9 Å². The summed E-state index contributed by atoms with van der Waals surface area (Å²) in [5.41, 5.74) is 3.71. The number of guanidine groups is 1. The minimum Gasteiger partial charge on any atom is -0.497 e. The zero-order valence-corrected chi connectivity index (χ0v) is 9.90. The van der Waals surface area contributed by atoms with Crippen molar-refractivity contribution in [2.75, 3.05) is 21.2 Å². The van der Waals surface area contributed by atoms with Crippen LogP contribution in [-0.2, 0) is 6.54 Å². The molecule has 1 aromatic rings. The lowest BCUT2D eigenvalue weighted by Gasteiger charge is -2.20. The summed E-state index contributed by atoms with van der Waals surface area (Å²) in [6.07, 6.45) is 0. The monoisotopic (exact) mass is 222 g/mol. The Bertz CT molecular complexity index is 348. The molecule has 0 aliphatic carbocycles. The fourth-order valence-electron chi connectivity index (χ4n) is 1.43. The number of nitrogens with zero attached hydrogens (tertiary/aromatic N) is 2. The van der Waals surface area contributed by atoms with E-state index in [0.717, 1.165) is 12.3 Å². The van der Waals surface area contributed by atoms with E-state index in [0.29, 0.717) is 5.96 Å². The highest BCUT2D eigenvalue weighted by molar-refractivity contribution is 5.78. The lowest BCUT2D eigenvalue weighted by molar-refractivity contribution is 0.414. The Hall–Kier alpha value is -1.75. The van der Waals surface area contributed by atoms with E-state index in [4.69, 9.17) is 10.6 Å². The van der Waals surface area contributed by atoms with E-state index < -0.39 is 0 Å². The highest BCUT2D eigenvalue weighted by Gasteiger charge is 2.04. The molecule has 0 saturated heterocycles. The number of benzene rings is 1. The lowest BCUT2D eigenvalue weighted by atomic mass is 10.2. The molecule has 0 aromatic heterocycles. The smallest absolute Gasteiger partial charge is 0.208 e. The molecule has 0 bridgehead atoms. The van der Waals surface area contributed by atoms with Gasteiger partial charge in [0, 0.05) is 20.6 Å². The molecule has 0 saturated carbocycles. The van der Waals surface area contributed by atoms with Crippen molar-refractivity contribution in [2.45, 2.75) is 6.54 Å². The Morgan fingerprint density at radius 3 is 2.50 bits per heavy atom. The predicted octanol–water partition coefficient (Wildman–Crippen LogP) is 0.576. The number of hydrogen-bond acceptors (Lipinski definition) is 3. The van der Waals surface area contributed by atoms with Crippen molar-refractivity contribution in [2.24, 2.45) is 10.8 Å². The van der Waals surface area contributed by atoms with E-state index in [1.54, 1.807) is 14.2 Å². The molecule has 5 nitrogen and oxygen atoms in total. The van der Waals surface area contributed by atoms with Crippen LogP contribution in [0.5, 0.6) is 5.75 Å². The van der Waals surface area contributed by atoms with Crippen LogP contribution in [-0.4, -0.2) is 32.1 Å². The van der Waals surface area contributed by atoms with Crippen LogP contribution in [0.1, 0.15) is 5.56 Å². The van der Waals surface area contributed by atoms with Gasteiger partial charge in [-0.3, -0.25) is 10.4 Å². The standard InChI is InChI=1S/C11H18N4O/c1-13-11(14-12)15(2)8-9-4-6-10(16-3)7-5-9/h4-7H,8,12H2,1-3H3,(H,13,14). The van der Waals surface area contributed by atoms with E-state index in [-0.39, 0.29) is 0 Å². The first-order valence-corrected chi connectivity index (χ1v) is 4.98. The van der Waals surface area contributed by atoms with Crippen molar-refractivity contribution in [1.29, 1.82) is 0 Å². The van der Waals surface area contributed by atoms with Gasteiger partial charge in [-0.15, -0.1) is 0 Å². The van der Waals surface area contributed by atoms with E-state index in [1.165, 1.54) is 5.56 Å². The van der Waals surface area contributed by atoms with E-state index >= 15 is 0 Å². The molecule has 0 aliphatic rings. The molecule has 0 aliphatic heterocycles. The van der Waals surface area contributed by atoms with Crippen molar-refractivity contribution >= 4 is 5.96 Å². The van der Waals surface area contributed by atoms with Gasteiger partial charge >= 0.3 is 0 Å². The number of nitrogens with one attached hydrogen (secondary N) is 1. The fraction of sp³-hybridized carbons (Fsp3) is 0.364. The summed E-state index contributed by atoms with van der Waals surface area (Å²) in [7, 11) is 5.27. The Morgan fingerprint density at radius 1 is 1.44 bits per heavy atom. The number of methoxy groups -OCH3 is 1. The maximum atomic E-state index is 5.34. The summed E-state index contributed by atoms with van der Waals surface area (Å²) >= 11 is 0. The molecule has 3 N–H and O–H groups in total. The van der Waals surface area contributed by atoms with Gasteiger partial charge in [0.2, 0.25) is 5.96 Å².